The fraction of sp³-hybridized carbons (Fsp3) is 0.429. The van der Waals surface area contributed by atoms with E-state index in [0.717, 1.165) is 13.0 Å². The van der Waals surface area contributed by atoms with Gasteiger partial charge in [0.2, 0.25) is 11.8 Å². The zero-order valence-electron chi connectivity index (χ0n) is 11.6. The molecule has 1 atom stereocenters. The van der Waals surface area contributed by atoms with Gasteiger partial charge in [-0.3, -0.25) is 9.59 Å². The molecule has 1 unspecified atom stereocenters. The normalized spacial score (nSPS) is 18.6. The van der Waals surface area contributed by atoms with E-state index in [9.17, 15) is 9.59 Å². The summed E-state index contributed by atoms with van der Waals surface area (Å²) in [5.41, 5.74) is 12.0. The molecule has 1 aromatic carbocycles. The fourth-order valence-electron chi connectivity index (χ4n) is 2.38. The molecule has 114 valence electrons. The van der Waals surface area contributed by atoms with Crippen molar-refractivity contribution in [1.29, 1.82) is 0 Å². The summed E-state index contributed by atoms with van der Waals surface area (Å²) >= 11 is 5.87. The lowest BCUT2D eigenvalue weighted by Crippen LogP contribution is -2.29. The van der Waals surface area contributed by atoms with Crippen LogP contribution >= 0.6 is 11.6 Å². The first-order valence-electron chi connectivity index (χ1n) is 6.82. The summed E-state index contributed by atoms with van der Waals surface area (Å²) in [5, 5.41) is 3.26. The topological polar surface area (TPSA) is 101 Å². The van der Waals surface area contributed by atoms with E-state index in [2.05, 4.69) is 10.2 Å². The lowest BCUT2D eigenvalue weighted by molar-refractivity contribution is -0.121. The Morgan fingerprint density at radius 1 is 1.43 bits per heavy atom. The van der Waals surface area contributed by atoms with E-state index < -0.39 is 0 Å². The summed E-state index contributed by atoms with van der Waals surface area (Å²) in [6.07, 6.45) is 1.09. The van der Waals surface area contributed by atoms with E-state index in [4.69, 9.17) is 23.1 Å². The predicted molar refractivity (Wildman–Crippen MR) is 82.9 cm³/mol. The van der Waals surface area contributed by atoms with Crippen LogP contribution in [0.1, 0.15) is 12.8 Å². The molecule has 0 aromatic heterocycles. The van der Waals surface area contributed by atoms with E-state index in [1.165, 1.54) is 0 Å². The third-order valence-corrected chi connectivity index (χ3v) is 3.85. The van der Waals surface area contributed by atoms with Crippen molar-refractivity contribution in [2.75, 3.05) is 30.7 Å². The number of hydrogen-bond donors (Lipinski definition) is 3. The fourth-order valence-corrected chi connectivity index (χ4v) is 2.55. The number of carbonyl (C=O) groups is 2. The molecule has 0 saturated carbocycles. The molecule has 6 nitrogen and oxygen atoms in total. The van der Waals surface area contributed by atoms with Gasteiger partial charge >= 0.3 is 0 Å². The maximum Gasteiger partial charge on any atom is 0.225 e. The Morgan fingerprint density at radius 3 is 2.86 bits per heavy atom. The number of halogens is 1. The minimum absolute atomic E-state index is 0.100. The second-order valence-corrected chi connectivity index (χ2v) is 5.65. The molecular weight excluding hydrogens is 292 g/mol. The van der Waals surface area contributed by atoms with Gasteiger partial charge in [-0.1, -0.05) is 11.6 Å². The highest BCUT2D eigenvalue weighted by Crippen LogP contribution is 2.23. The Hall–Kier alpha value is -1.79. The highest BCUT2D eigenvalue weighted by atomic mass is 35.5. The van der Waals surface area contributed by atoms with Crippen LogP contribution in [0.4, 0.5) is 11.4 Å². The first kappa shape index (κ1) is 15.6. The average molecular weight is 311 g/mol. The number of nitrogens with one attached hydrogen (secondary N) is 1. The maximum absolute atomic E-state index is 11.9. The molecule has 21 heavy (non-hydrogen) atoms. The molecule has 1 aromatic rings. The van der Waals surface area contributed by atoms with Gasteiger partial charge in [0.15, 0.2) is 0 Å². The van der Waals surface area contributed by atoms with E-state index in [1.807, 2.05) is 0 Å². The van der Waals surface area contributed by atoms with Gasteiger partial charge < -0.3 is 21.7 Å². The summed E-state index contributed by atoms with van der Waals surface area (Å²) < 4.78 is 0. The Labute approximate surface area is 128 Å². The van der Waals surface area contributed by atoms with Crippen LogP contribution in [0.25, 0.3) is 0 Å². The number of benzene rings is 1. The van der Waals surface area contributed by atoms with Crippen LogP contribution in [-0.2, 0) is 9.59 Å². The second-order valence-electron chi connectivity index (χ2n) is 5.22. The monoisotopic (exact) mass is 310 g/mol. The van der Waals surface area contributed by atoms with Gasteiger partial charge in [-0.2, -0.15) is 0 Å². The first-order valence-corrected chi connectivity index (χ1v) is 7.20. The molecule has 2 amide bonds. The number of amides is 2. The molecular formula is C14H19ClN4O2. The summed E-state index contributed by atoms with van der Waals surface area (Å²) in [5.74, 6) is -0.503. The van der Waals surface area contributed by atoms with Crippen molar-refractivity contribution in [3.63, 3.8) is 0 Å². The first-order chi connectivity index (χ1) is 9.95. The van der Waals surface area contributed by atoms with E-state index in [-0.39, 0.29) is 17.7 Å². The van der Waals surface area contributed by atoms with Crippen molar-refractivity contribution < 1.29 is 9.59 Å². The quantitative estimate of drug-likeness (QED) is 0.708. The maximum atomic E-state index is 11.9. The zero-order chi connectivity index (χ0) is 15.4. The number of likely N-dealkylation sites (tertiary alicyclic amines) is 1. The number of carbonyl (C=O) groups excluding carboxylic acids is 2. The lowest BCUT2D eigenvalue weighted by atomic mass is 10.1. The highest BCUT2D eigenvalue weighted by Gasteiger charge is 2.26. The Balaban J connectivity index is 1.80. The van der Waals surface area contributed by atoms with Crippen LogP contribution in [0.2, 0.25) is 5.02 Å². The van der Waals surface area contributed by atoms with Gasteiger partial charge in [0, 0.05) is 24.5 Å². The SMILES string of the molecule is NC(=O)C1CCN(CCC(=O)Nc2cc(Cl)ccc2N)C1. The molecule has 0 bridgehead atoms. The van der Waals surface area contributed by atoms with Crippen LogP contribution in [0.3, 0.4) is 0 Å². The number of nitrogens with zero attached hydrogens (tertiary/aromatic N) is 1. The smallest absolute Gasteiger partial charge is 0.225 e. The molecule has 1 fully saturated rings. The lowest BCUT2D eigenvalue weighted by Gasteiger charge is -2.15. The summed E-state index contributed by atoms with van der Waals surface area (Å²) in [6.45, 7) is 2.01. The third-order valence-electron chi connectivity index (χ3n) is 3.62. The van der Waals surface area contributed by atoms with Crippen LogP contribution in [0.5, 0.6) is 0 Å². The molecule has 1 saturated heterocycles. The van der Waals surface area contributed by atoms with Crippen molar-refractivity contribution in [2.45, 2.75) is 12.8 Å². The summed E-state index contributed by atoms with van der Waals surface area (Å²) in [7, 11) is 0. The molecule has 7 heteroatoms. The molecule has 1 aliphatic rings. The molecule has 1 heterocycles. The van der Waals surface area contributed by atoms with Gasteiger partial charge in [0.1, 0.15) is 0 Å². The number of rotatable bonds is 5. The Kier molecular flexibility index (Phi) is 5.03. The van der Waals surface area contributed by atoms with Crippen LogP contribution in [-0.4, -0.2) is 36.3 Å². The standard InChI is InChI=1S/C14H19ClN4O2/c15-10-1-2-11(16)12(7-10)18-13(20)4-6-19-5-3-9(8-19)14(17)21/h1-2,7,9H,3-6,8,16H2,(H2,17,21)(H,18,20). The van der Waals surface area contributed by atoms with Crippen LogP contribution in [0.15, 0.2) is 18.2 Å². The molecule has 0 spiro atoms. The van der Waals surface area contributed by atoms with Crippen molar-refractivity contribution in [2.24, 2.45) is 11.7 Å². The van der Waals surface area contributed by atoms with Gasteiger partial charge in [0.25, 0.3) is 0 Å². The third kappa shape index (κ3) is 4.34. The van der Waals surface area contributed by atoms with Crippen molar-refractivity contribution in [3.8, 4) is 0 Å². The number of anilines is 2. The average Bonchev–Trinajstić information content (AvgIpc) is 2.90. The minimum Gasteiger partial charge on any atom is -0.397 e. The Bertz CT molecular complexity index is 550. The Morgan fingerprint density at radius 2 is 2.19 bits per heavy atom. The van der Waals surface area contributed by atoms with E-state index in [0.29, 0.717) is 35.9 Å². The van der Waals surface area contributed by atoms with Gasteiger partial charge in [-0.15, -0.1) is 0 Å². The minimum atomic E-state index is -0.270. The molecule has 5 N–H and O–H groups in total. The second kappa shape index (κ2) is 6.78. The van der Waals surface area contributed by atoms with Crippen LogP contribution in [0, 0.1) is 5.92 Å². The van der Waals surface area contributed by atoms with Crippen molar-refractivity contribution >= 4 is 34.8 Å². The largest absolute Gasteiger partial charge is 0.397 e. The highest BCUT2D eigenvalue weighted by molar-refractivity contribution is 6.31. The van der Waals surface area contributed by atoms with Gasteiger partial charge in [-0.05, 0) is 31.2 Å². The molecule has 0 aliphatic carbocycles. The van der Waals surface area contributed by atoms with Gasteiger partial charge in [0.05, 0.1) is 17.3 Å². The molecule has 1 aliphatic heterocycles. The van der Waals surface area contributed by atoms with Crippen molar-refractivity contribution in [1.82, 2.24) is 4.90 Å². The van der Waals surface area contributed by atoms with Gasteiger partial charge in [-0.25, -0.2) is 0 Å². The number of hydrogen-bond acceptors (Lipinski definition) is 4. The number of primary amides is 1. The number of nitrogens with two attached hydrogens (primary N) is 2. The summed E-state index contributed by atoms with van der Waals surface area (Å²) in [6, 6.07) is 4.93. The predicted octanol–water partition coefficient (Wildman–Crippen LogP) is 1.06. The van der Waals surface area contributed by atoms with E-state index >= 15 is 0 Å². The molecule has 0 radical (unpaired) electrons. The van der Waals surface area contributed by atoms with E-state index in [1.54, 1.807) is 18.2 Å². The summed E-state index contributed by atoms with van der Waals surface area (Å²) in [4.78, 5) is 25.1. The van der Waals surface area contributed by atoms with Crippen molar-refractivity contribution in [3.05, 3.63) is 23.2 Å². The van der Waals surface area contributed by atoms with Crippen LogP contribution < -0.4 is 16.8 Å². The molecule has 2 rings (SSSR count). The zero-order valence-corrected chi connectivity index (χ0v) is 12.4. The number of nitrogen functional groups attached to an aromatic ring is 1.